The Morgan fingerprint density at radius 3 is 2.76 bits per heavy atom. The molecule has 0 saturated heterocycles. The molecule has 0 saturated carbocycles. The molecule has 3 N–H and O–H groups in total. The lowest BCUT2D eigenvalue weighted by Gasteiger charge is -2.13. The Hall–Kier alpha value is -1.64. The maximum Gasteiger partial charge on any atom is 0.242 e. The summed E-state index contributed by atoms with van der Waals surface area (Å²) in [5.41, 5.74) is 0.738. The molecular formula is C12H16ClN5O2S. The Labute approximate surface area is 128 Å². The number of nitrogens with zero attached hydrogens (tertiary/aromatic N) is 2. The molecule has 2 rings (SSSR count). The molecule has 7 nitrogen and oxygen atoms in total. The second-order valence-electron chi connectivity index (χ2n) is 4.41. The number of nitrogens with one attached hydrogen (secondary N) is 3. The maximum absolute atomic E-state index is 12.3. The predicted octanol–water partition coefficient (Wildman–Crippen LogP) is 1.93. The molecular weight excluding hydrogens is 314 g/mol. The van der Waals surface area contributed by atoms with Crippen molar-refractivity contribution < 1.29 is 8.42 Å². The third kappa shape index (κ3) is 3.72. The van der Waals surface area contributed by atoms with E-state index < -0.39 is 16.1 Å². The Balaban J connectivity index is 2.21. The lowest BCUT2D eigenvalue weighted by Crippen LogP contribution is -2.26. The van der Waals surface area contributed by atoms with E-state index in [2.05, 4.69) is 25.2 Å². The van der Waals surface area contributed by atoms with Gasteiger partial charge in [0.2, 0.25) is 10.0 Å². The minimum Gasteiger partial charge on any atom is -0.369 e. The van der Waals surface area contributed by atoms with Gasteiger partial charge < -0.3 is 5.32 Å². The standard InChI is InChI=1S/C12H16ClN5O2S/c1-3-14-12-11(13)4-10(7-15-12)21(19,20)18-8(2)9-5-16-17-6-9/h4-8,18H,3H2,1-2H3,(H,14,15)(H,16,17). The second-order valence-corrected chi connectivity index (χ2v) is 6.53. The molecule has 2 heterocycles. The number of pyridine rings is 1. The Morgan fingerprint density at radius 1 is 1.43 bits per heavy atom. The number of sulfonamides is 1. The van der Waals surface area contributed by atoms with E-state index in [9.17, 15) is 8.42 Å². The van der Waals surface area contributed by atoms with Gasteiger partial charge in [0.05, 0.1) is 11.2 Å². The molecule has 114 valence electrons. The summed E-state index contributed by atoms with van der Waals surface area (Å²) in [5, 5.41) is 9.64. The number of rotatable bonds is 6. The lowest BCUT2D eigenvalue weighted by molar-refractivity contribution is 0.566. The van der Waals surface area contributed by atoms with Crippen LogP contribution in [0.1, 0.15) is 25.5 Å². The second kappa shape index (κ2) is 6.42. The van der Waals surface area contributed by atoms with Gasteiger partial charge in [-0.05, 0) is 19.9 Å². The van der Waals surface area contributed by atoms with Crippen LogP contribution in [0.5, 0.6) is 0 Å². The van der Waals surface area contributed by atoms with Crippen LogP contribution in [-0.2, 0) is 10.0 Å². The quantitative estimate of drug-likeness (QED) is 0.752. The summed E-state index contributed by atoms with van der Waals surface area (Å²) >= 11 is 6.02. The fraction of sp³-hybridized carbons (Fsp3) is 0.333. The Kier molecular flexibility index (Phi) is 4.81. The molecule has 0 spiro atoms. The van der Waals surface area contributed by atoms with Crippen LogP contribution in [0.4, 0.5) is 5.82 Å². The van der Waals surface area contributed by atoms with E-state index in [4.69, 9.17) is 11.6 Å². The topological polar surface area (TPSA) is 99.8 Å². The normalized spacial score (nSPS) is 13.1. The van der Waals surface area contributed by atoms with E-state index in [0.29, 0.717) is 12.4 Å². The third-order valence-corrected chi connectivity index (χ3v) is 4.62. The van der Waals surface area contributed by atoms with Crippen molar-refractivity contribution in [3.05, 3.63) is 35.2 Å². The van der Waals surface area contributed by atoms with E-state index in [1.54, 1.807) is 19.3 Å². The average molecular weight is 330 g/mol. The first-order valence-electron chi connectivity index (χ1n) is 6.34. The number of hydrogen-bond acceptors (Lipinski definition) is 5. The molecule has 1 atom stereocenters. The first kappa shape index (κ1) is 15.7. The molecule has 2 aromatic heterocycles. The first-order valence-corrected chi connectivity index (χ1v) is 8.20. The molecule has 9 heteroatoms. The smallest absolute Gasteiger partial charge is 0.242 e. The molecule has 2 aromatic rings. The molecule has 0 fully saturated rings. The molecule has 1 unspecified atom stereocenters. The van der Waals surface area contributed by atoms with Gasteiger partial charge in [0, 0.05) is 30.5 Å². The van der Waals surface area contributed by atoms with Crippen LogP contribution in [0.2, 0.25) is 5.02 Å². The van der Waals surface area contributed by atoms with Gasteiger partial charge >= 0.3 is 0 Å². The molecule has 0 aliphatic rings. The summed E-state index contributed by atoms with van der Waals surface area (Å²) in [6.45, 7) is 4.27. The maximum atomic E-state index is 12.3. The molecule has 0 bridgehead atoms. The third-order valence-electron chi connectivity index (χ3n) is 2.82. The zero-order valence-corrected chi connectivity index (χ0v) is 13.2. The predicted molar refractivity (Wildman–Crippen MR) is 80.7 cm³/mol. The van der Waals surface area contributed by atoms with Gasteiger partial charge in [-0.25, -0.2) is 18.1 Å². The number of halogens is 1. The largest absolute Gasteiger partial charge is 0.369 e. The molecule has 0 radical (unpaired) electrons. The van der Waals surface area contributed by atoms with E-state index in [1.165, 1.54) is 12.3 Å². The van der Waals surface area contributed by atoms with Gasteiger partial charge in [-0.2, -0.15) is 5.10 Å². The highest BCUT2D eigenvalue weighted by molar-refractivity contribution is 7.89. The first-order chi connectivity index (χ1) is 9.94. The number of aromatic amines is 1. The lowest BCUT2D eigenvalue weighted by atomic mass is 10.2. The molecule has 0 amide bonds. The van der Waals surface area contributed by atoms with Gasteiger partial charge in [0.25, 0.3) is 0 Å². The number of H-pyrrole nitrogens is 1. The van der Waals surface area contributed by atoms with Crippen LogP contribution in [0.3, 0.4) is 0 Å². The fourth-order valence-electron chi connectivity index (χ4n) is 1.73. The Morgan fingerprint density at radius 2 is 2.19 bits per heavy atom. The van der Waals surface area contributed by atoms with Crippen LogP contribution in [0.15, 0.2) is 29.6 Å². The van der Waals surface area contributed by atoms with Crippen molar-refractivity contribution in [2.24, 2.45) is 0 Å². The summed E-state index contributed by atoms with van der Waals surface area (Å²) in [4.78, 5) is 4.04. The highest BCUT2D eigenvalue weighted by Gasteiger charge is 2.20. The van der Waals surface area contributed by atoms with Crippen molar-refractivity contribution in [3.8, 4) is 0 Å². The molecule has 0 aliphatic heterocycles. The summed E-state index contributed by atoms with van der Waals surface area (Å²) < 4.78 is 27.1. The fourth-order valence-corrected chi connectivity index (χ4v) is 3.23. The van der Waals surface area contributed by atoms with E-state index in [0.717, 1.165) is 5.56 Å². The minimum atomic E-state index is -3.71. The van der Waals surface area contributed by atoms with Gasteiger partial charge in [0.15, 0.2) is 0 Å². The summed E-state index contributed by atoms with van der Waals surface area (Å²) in [7, 11) is -3.71. The molecule has 0 aliphatic carbocycles. The van der Waals surface area contributed by atoms with Crippen molar-refractivity contribution in [3.63, 3.8) is 0 Å². The van der Waals surface area contributed by atoms with E-state index in [-0.39, 0.29) is 9.92 Å². The number of hydrogen-bond donors (Lipinski definition) is 3. The molecule has 21 heavy (non-hydrogen) atoms. The van der Waals surface area contributed by atoms with E-state index >= 15 is 0 Å². The summed E-state index contributed by atoms with van der Waals surface area (Å²) in [5.74, 6) is 0.459. The molecule has 0 aromatic carbocycles. The number of aromatic nitrogens is 3. The van der Waals surface area contributed by atoms with Crippen LogP contribution < -0.4 is 10.0 Å². The zero-order valence-electron chi connectivity index (χ0n) is 11.6. The van der Waals surface area contributed by atoms with Gasteiger partial charge in [-0.1, -0.05) is 11.6 Å². The van der Waals surface area contributed by atoms with Gasteiger partial charge in [-0.3, -0.25) is 5.10 Å². The van der Waals surface area contributed by atoms with Crippen molar-refractivity contribution in [2.75, 3.05) is 11.9 Å². The van der Waals surface area contributed by atoms with Crippen LogP contribution in [-0.4, -0.2) is 30.1 Å². The van der Waals surface area contributed by atoms with Crippen molar-refractivity contribution in [1.29, 1.82) is 0 Å². The Bertz CT molecular complexity index is 702. The zero-order chi connectivity index (χ0) is 15.5. The summed E-state index contributed by atoms with van der Waals surface area (Å²) in [6, 6.07) is 0.956. The minimum absolute atomic E-state index is 0.0181. The van der Waals surface area contributed by atoms with Crippen molar-refractivity contribution in [2.45, 2.75) is 24.8 Å². The van der Waals surface area contributed by atoms with Crippen LogP contribution >= 0.6 is 11.6 Å². The van der Waals surface area contributed by atoms with E-state index in [1.807, 2.05) is 6.92 Å². The van der Waals surface area contributed by atoms with Crippen molar-refractivity contribution in [1.82, 2.24) is 19.9 Å². The van der Waals surface area contributed by atoms with Crippen LogP contribution in [0.25, 0.3) is 0 Å². The highest BCUT2D eigenvalue weighted by atomic mass is 35.5. The average Bonchev–Trinajstić information content (AvgIpc) is 2.95. The summed E-state index contributed by atoms with van der Waals surface area (Å²) in [6.07, 6.45) is 4.47. The van der Waals surface area contributed by atoms with Gasteiger partial charge in [-0.15, -0.1) is 0 Å². The van der Waals surface area contributed by atoms with Crippen LogP contribution in [0, 0.1) is 0 Å². The SMILES string of the molecule is CCNc1ncc(S(=O)(=O)NC(C)c2cn[nH]c2)cc1Cl. The highest BCUT2D eigenvalue weighted by Crippen LogP contribution is 2.23. The number of anilines is 1. The van der Waals surface area contributed by atoms with Gasteiger partial charge in [0.1, 0.15) is 10.7 Å². The van der Waals surface area contributed by atoms with Crippen molar-refractivity contribution >= 4 is 27.4 Å². The monoisotopic (exact) mass is 329 g/mol.